The summed E-state index contributed by atoms with van der Waals surface area (Å²) in [7, 11) is 0. The minimum absolute atomic E-state index is 0.272. The van der Waals surface area contributed by atoms with Crippen LogP contribution in [0.1, 0.15) is 20.9 Å². The van der Waals surface area contributed by atoms with Crippen molar-refractivity contribution in [1.82, 2.24) is 10.3 Å². The molecule has 0 fully saturated rings. The van der Waals surface area contributed by atoms with Crippen LogP contribution in [0.5, 0.6) is 0 Å². The Morgan fingerprint density at radius 1 is 1.04 bits per heavy atom. The Hall–Kier alpha value is -3.26. The minimum atomic E-state index is -0.437. The first-order valence-electron chi connectivity index (χ1n) is 8.14. The smallest absolute Gasteiger partial charge is 0.325 e. The number of carbonyl (C=O) groups is 2. The summed E-state index contributed by atoms with van der Waals surface area (Å²) < 4.78 is 12.9. The van der Waals surface area contributed by atoms with Crippen LogP contribution in [0, 0.1) is 12.7 Å². The summed E-state index contributed by atoms with van der Waals surface area (Å²) in [6.07, 6.45) is 0. The van der Waals surface area contributed by atoms with Crippen molar-refractivity contribution < 1.29 is 14.0 Å². The summed E-state index contributed by atoms with van der Waals surface area (Å²) in [5.41, 5.74) is 1.96. The molecule has 27 heavy (non-hydrogen) atoms. The van der Waals surface area contributed by atoms with Gasteiger partial charge in [0.1, 0.15) is 10.7 Å². The third-order valence-electron chi connectivity index (χ3n) is 3.62. The number of halogens is 1. The lowest BCUT2D eigenvalue weighted by Gasteiger charge is -2.05. The van der Waals surface area contributed by atoms with Crippen molar-refractivity contribution in [1.29, 1.82) is 0 Å². The van der Waals surface area contributed by atoms with E-state index in [1.165, 1.54) is 12.1 Å². The zero-order chi connectivity index (χ0) is 19.2. The Morgan fingerprint density at radius 3 is 2.44 bits per heavy atom. The van der Waals surface area contributed by atoms with Crippen LogP contribution < -0.4 is 16.0 Å². The first kappa shape index (κ1) is 18.5. The molecule has 3 amide bonds. The molecule has 0 radical (unpaired) electrons. The third-order valence-corrected chi connectivity index (χ3v) is 4.69. The van der Waals surface area contributed by atoms with Gasteiger partial charge in [0.2, 0.25) is 0 Å². The highest BCUT2D eigenvalue weighted by Crippen LogP contribution is 2.23. The fourth-order valence-corrected chi connectivity index (χ4v) is 3.18. The van der Waals surface area contributed by atoms with E-state index in [0.717, 1.165) is 16.9 Å². The third kappa shape index (κ3) is 5.11. The number of aryl methyl sites for hydroxylation is 1. The Balaban J connectivity index is 1.59. The number of aromatic nitrogens is 1. The summed E-state index contributed by atoms with van der Waals surface area (Å²) >= 11 is 1.09. The van der Waals surface area contributed by atoms with Crippen LogP contribution >= 0.6 is 11.3 Å². The summed E-state index contributed by atoms with van der Waals surface area (Å²) in [5, 5.41) is 8.40. The van der Waals surface area contributed by atoms with Gasteiger partial charge in [-0.05, 0) is 36.8 Å². The molecule has 0 atom stereocenters. The Kier molecular flexibility index (Phi) is 5.77. The molecule has 138 valence electrons. The molecule has 1 aromatic heterocycles. The monoisotopic (exact) mass is 384 g/mol. The van der Waals surface area contributed by atoms with Gasteiger partial charge in [0.25, 0.3) is 5.91 Å². The lowest BCUT2D eigenvalue weighted by molar-refractivity contribution is 0.0954. The van der Waals surface area contributed by atoms with Gasteiger partial charge in [0, 0.05) is 12.2 Å². The number of benzene rings is 2. The van der Waals surface area contributed by atoms with E-state index >= 15 is 0 Å². The van der Waals surface area contributed by atoms with Gasteiger partial charge in [-0.1, -0.05) is 41.7 Å². The predicted octanol–water partition coefficient (Wildman–Crippen LogP) is 4.16. The fraction of sp³-hybridized carbons (Fsp3) is 0.105. The molecule has 3 aromatic rings. The van der Waals surface area contributed by atoms with Gasteiger partial charge >= 0.3 is 6.03 Å². The molecule has 3 rings (SSSR count). The van der Waals surface area contributed by atoms with Crippen molar-refractivity contribution in [3.63, 3.8) is 0 Å². The second-order valence-corrected chi connectivity index (χ2v) is 6.69. The predicted molar refractivity (Wildman–Crippen MR) is 104 cm³/mol. The molecular formula is C19H17FN4O2S. The molecule has 0 unspecified atom stereocenters. The average Bonchev–Trinajstić information content (AvgIpc) is 3.02. The summed E-state index contributed by atoms with van der Waals surface area (Å²) in [5.74, 6) is -0.626. The first-order chi connectivity index (χ1) is 13.0. The van der Waals surface area contributed by atoms with E-state index < -0.39 is 6.03 Å². The molecule has 0 bridgehead atoms. The highest BCUT2D eigenvalue weighted by atomic mass is 32.1. The Bertz CT molecular complexity index is 942. The van der Waals surface area contributed by atoms with Crippen LogP contribution in [0.25, 0.3) is 0 Å². The topological polar surface area (TPSA) is 83.1 Å². The molecule has 0 aliphatic heterocycles. The number of para-hydroxylation sites is 1. The molecule has 0 aliphatic rings. The largest absolute Gasteiger partial charge is 0.347 e. The number of nitrogens with zero attached hydrogens (tertiary/aromatic N) is 1. The van der Waals surface area contributed by atoms with Crippen molar-refractivity contribution in [3.8, 4) is 0 Å². The molecule has 2 aromatic carbocycles. The van der Waals surface area contributed by atoms with Gasteiger partial charge in [-0.25, -0.2) is 14.2 Å². The lowest BCUT2D eigenvalue weighted by Crippen LogP contribution is -2.22. The number of rotatable bonds is 5. The van der Waals surface area contributed by atoms with Gasteiger partial charge in [-0.2, -0.15) is 0 Å². The number of hydrogen-bond donors (Lipinski definition) is 3. The van der Waals surface area contributed by atoms with E-state index in [1.54, 1.807) is 31.2 Å². The Morgan fingerprint density at radius 2 is 1.74 bits per heavy atom. The van der Waals surface area contributed by atoms with Crippen LogP contribution in [-0.2, 0) is 6.54 Å². The second-order valence-electron chi connectivity index (χ2n) is 5.69. The van der Waals surface area contributed by atoms with Crippen LogP contribution in [0.3, 0.4) is 0 Å². The highest BCUT2D eigenvalue weighted by Gasteiger charge is 2.16. The van der Waals surface area contributed by atoms with Crippen molar-refractivity contribution >= 4 is 34.1 Å². The van der Waals surface area contributed by atoms with Gasteiger partial charge in [-0.3, -0.25) is 10.1 Å². The molecule has 0 saturated carbocycles. The number of hydrogen-bond acceptors (Lipinski definition) is 4. The maximum atomic E-state index is 12.9. The van der Waals surface area contributed by atoms with E-state index in [0.29, 0.717) is 21.4 Å². The molecule has 6 nitrogen and oxygen atoms in total. The first-order valence-corrected chi connectivity index (χ1v) is 8.96. The van der Waals surface area contributed by atoms with Crippen LogP contribution in [0.4, 0.5) is 20.0 Å². The number of thiazole rings is 1. The fourth-order valence-electron chi connectivity index (χ4n) is 2.31. The molecule has 0 spiro atoms. The van der Waals surface area contributed by atoms with Gasteiger partial charge in [-0.15, -0.1) is 0 Å². The maximum absolute atomic E-state index is 12.9. The van der Waals surface area contributed by atoms with Gasteiger partial charge in [0.05, 0.1) is 5.69 Å². The summed E-state index contributed by atoms with van der Waals surface area (Å²) in [4.78, 5) is 29.0. The molecular weight excluding hydrogens is 367 g/mol. The van der Waals surface area contributed by atoms with E-state index in [9.17, 15) is 14.0 Å². The normalized spacial score (nSPS) is 10.3. The maximum Gasteiger partial charge on any atom is 0.325 e. The minimum Gasteiger partial charge on any atom is -0.347 e. The second kappa shape index (κ2) is 8.41. The van der Waals surface area contributed by atoms with E-state index in [1.807, 2.05) is 18.2 Å². The Labute approximate surface area is 159 Å². The van der Waals surface area contributed by atoms with Gasteiger partial charge in [0.15, 0.2) is 5.13 Å². The lowest BCUT2D eigenvalue weighted by atomic mass is 10.2. The standard InChI is InChI=1S/C19H17FN4O2S/c1-12-16(17(25)21-11-13-7-9-14(20)10-8-13)27-19(22-12)24-18(26)23-15-5-3-2-4-6-15/h2-10H,11H2,1H3,(H,21,25)(H2,22,23,24,26). The highest BCUT2D eigenvalue weighted by molar-refractivity contribution is 7.17. The number of urea groups is 1. The van der Waals surface area contributed by atoms with Crippen molar-refractivity contribution in [3.05, 3.63) is 76.5 Å². The van der Waals surface area contributed by atoms with Crippen molar-refractivity contribution in [2.75, 3.05) is 10.6 Å². The average molecular weight is 384 g/mol. The van der Waals surface area contributed by atoms with E-state index in [-0.39, 0.29) is 18.3 Å². The van der Waals surface area contributed by atoms with Crippen LogP contribution in [0.2, 0.25) is 0 Å². The molecule has 0 aliphatic carbocycles. The molecule has 3 N–H and O–H groups in total. The van der Waals surface area contributed by atoms with Gasteiger partial charge < -0.3 is 10.6 Å². The van der Waals surface area contributed by atoms with Crippen molar-refractivity contribution in [2.24, 2.45) is 0 Å². The van der Waals surface area contributed by atoms with E-state index in [4.69, 9.17) is 0 Å². The number of amides is 3. The van der Waals surface area contributed by atoms with Crippen LogP contribution in [-0.4, -0.2) is 16.9 Å². The zero-order valence-corrected chi connectivity index (χ0v) is 15.3. The van der Waals surface area contributed by atoms with Crippen molar-refractivity contribution in [2.45, 2.75) is 13.5 Å². The summed E-state index contributed by atoms with van der Waals surface area (Å²) in [6.45, 7) is 1.97. The molecule has 0 saturated heterocycles. The van der Waals surface area contributed by atoms with Crippen LogP contribution in [0.15, 0.2) is 54.6 Å². The SMILES string of the molecule is Cc1nc(NC(=O)Nc2ccccc2)sc1C(=O)NCc1ccc(F)cc1. The molecule has 1 heterocycles. The number of carbonyl (C=O) groups excluding carboxylic acids is 2. The van der Waals surface area contributed by atoms with E-state index in [2.05, 4.69) is 20.9 Å². The number of nitrogens with one attached hydrogen (secondary N) is 3. The zero-order valence-electron chi connectivity index (χ0n) is 14.5. The number of anilines is 2. The molecule has 8 heteroatoms. The quantitative estimate of drug-likeness (QED) is 0.617. The summed E-state index contributed by atoms with van der Waals surface area (Å²) in [6, 6.07) is 14.5.